The smallest absolute Gasteiger partial charge is 0.291 e. The van der Waals surface area contributed by atoms with Crippen LogP contribution in [0.1, 0.15) is 45.1 Å². The summed E-state index contributed by atoms with van der Waals surface area (Å²) < 4.78 is 37.6. The molecule has 1 aliphatic rings. The van der Waals surface area contributed by atoms with Crippen LogP contribution < -0.4 is 14.9 Å². The van der Waals surface area contributed by atoms with E-state index in [1.807, 2.05) is 12.1 Å². The molecule has 3 aromatic rings. The molecule has 0 aliphatic carbocycles. The summed E-state index contributed by atoms with van der Waals surface area (Å²) in [4.78, 5) is 14.0. The highest BCUT2D eigenvalue weighted by molar-refractivity contribution is 7.93. The van der Waals surface area contributed by atoms with E-state index in [9.17, 15) is 18.4 Å². The maximum absolute atomic E-state index is 13.3. The Kier molecular flexibility index (Phi) is 9.31. The first kappa shape index (κ1) is 28.7. The molecule has 1 aromatic heterocycles. The fourth-order valence-electron chi connectivity index (χ4n) is 4.51. The Bertz CT molecular complexity index is 1330. The summed E-state index contributed by atoms with van der Waals surface area (Å²) in [5.41, 5.74) is 3.77. The molecule has 11 nitrogen and oxygen atoms in total. The summed E-state index contributed by atoms with van der Waals surface area (Å²) in [7, 11) is -4.07. The van der Waals surface area contributed by atoms with Gasteiger partial charge in [-0.15, -0.1) is 4.68 Å². The predicted molar refractivity (Wildman–Crippen MR) is 141 cm³/mol. The number of aryl methyl sites for hydroxylation is 2. The van der Waals surface area contributed by atoms with Crippen molar-refractivity contribution in [1.29, 1.82) is 0 Å². The van der Waals surface area contributed by atoms with Crippen molar-refractivity contribution in [1.82, 2.24) is 20.6 Å². The minimum Gasteiger partial charge on any atom is -0.493 e. The largest absolute Gasteiger partial charge is 0.493 e. The Morgan fingerprint density at radius 1 is 1.15 bits per heavy atom. The van der Waals surface area contributed by atoms with Crippen LogP contribution in [0, 0.1) is 5.92 Å². The van der Waals surface area contributed by atoms with E-state index in [0.717, 1.165) is 18.5 Å². The van der Waals surface area contributed by atoms with E-state index in [-0.39, 0.29) is 31.0 Å². The fourth-order valence-corrected chi connectivity index (χ4v) is 6.45. The zero-order chi connectivity index (χ0) is 27.9. The zero-order valence-electron chi connectivity index (χ0n) is 22.3. The van der Waals surface area contributed by atoms with E-state index >= 15 is 0 Å². The average Bonchev–Trinajstić information content (AvgIpc) is 3.43. The topological polar surface area (TPSA) is 137 Å². The number of ether oxygens (including phenoxy) is 2. The molecule has 1 fully saturated rings. The lowest BCUT2D eigenvalue weighted by Crippen LogP contribution is -2.54. The zero-order valence-corrected chi connectivity index (χ0v) is 23.1. The number of rotatable bonds is 12. The summed E-state index contributed by atoms with van der Waals surface area (Å²) in [6, 6.07) is 14.3. The number of aromatic nitrogens is 4. The molecule has 0 saturated carbocycles. The summed E-state index contributed by atoms with van der Waals surface area (Å²) in [5, 5.41) is 18.0. The number of sulfone groups is 1. The molecule has 210 valence electrons. The minimum atomic E-state index is -4.07. The van der Waals surface area contributed by atoms with E-state index in [1.54, 1.807) is 27.9 Å². The number of amides is 1. The predicted octanol–water partition coefficient (Wildman–Crippen LogP) is 2.44. The molecular weight excluding hydrogens is 522 g/mol. The quantitative estimate of drug-likeness (QED) is 0.150. The maximum atomic E-state index is 13.3. The van der Waals surface area contributed by atoms with E-state index in [0.29, 0.717) is 31.2 Å². The van der Waals surface area contributed by atoms with Crippen molar-refractivity contribution in [2.24, 2.45) is 5.92 Å². The van der Waals surface area contributed by atoms with Crippen molar-refractivity contribution in [3.05, 3.63) is 60.4 Å². The molecule has 4 rings (SSSR count). The molecule has 39 heavy (non-hydrogen) atoms. The second-order valence-corrected chi connectivity index (χ2v) is 12.3. The van der Waals surface area contributed by atoms with Crippen LogP contribution in [-0.4, -0.2) is 59.2 Å². The van der Waals surface area contributed by atoms with Crippen molar-refractivity contribution in [2.45, 2.75) is 62.1 Å². The van der Waals surface area contributed by atoms with Crippen LogP contribution in [0.4, 0.5) is 0 Å². The average molecular weight is 559 g/mol. The molecule has 0 radical (unpaired) electrons. The number of carbonyl (C=O) groups is 1. The number of nitrogens with one attached hydrogen (secondary N) is 1. The summed E-state index contributed by atoms with van der Waals surface area (Å²) in [6.45, 7) is 5.61. The number of carbonyl (C=O) groups excluding carboxylic acids is 1. The number of hydrogen-bond acceptors (Lipinski definition) is 8. The summed E-state index contributed by atoms with van der Waals surface area (Å²) >= 11 is 0. The van der Waals surface area contributed by atoms with Crippen LogP contribution in [-0.2, 0) is 32.3 Å². The van der Waals surface area contributed by atoms with Gasteiger partial charge < -0.3 is 9.47 Å². The van der Waals surface area contributed by atoms with Crippen molar-refractivity contribution in [3.63, 3.8) is 0 Å². The van der Waals surface area contributed by atoms with Crippen LogP contribution in [0.2, 0.25) is 0 Å². The highest BCUT2D eigenvalue weighted by Gasteiger charge is 2.52. The van der Waals surface area contributed by atoms with Crippen LogP contribution in [0.15, 0.2) is 59.8 Å². The van der Waals surface area contributed by atoms with Crippen molar-refractivity contribution >= 4 is 15.7 Å². The molecule has 1 amide bonds. The molecule has 0 spiro atoms. The highest BCUT2D eigenvalue weighted by atomic mass is 32.2. The second-order valence-electron chi connectivity index (χ2n) is 10.1. The number of hydrogen-bond donors (Lipinski definition) is 2. The van der Waals surface area contributed by atoms with Crippen LogP contribution in [0.5, 0.6) is 5.75 Å². The third kappa shape index (κ3) is 6.63. The van der Waals surface area contributed by atoms with Gasteiger partial charge in [0, 0.05) is 19.6 Å². The fraction of sp³-hybridized carbons (Fsp3) is 0.481. The van der Waals surface area contributed by atoms with Crippen molar-refractivity contribution < 1.29 is 32.6 Å². The van der Waals surface area contributed by atoms with Crippen molar-refractivity contribution in [3.8, 4) is 11.4 Å². The third-order valence-corrected chi connectivity index (χ3v) is 9.46. The number of hydroxylamine groups is 1. The first-order chi connectivity index (χ1) is 18.7. The van der Waals surface area contributed by atoms with Crippen molar-refractivity contribution in [2.75, 3.05) is 19.8 Å². The normalized spacial score (nSPS) is 15.3. The van der Waals surface area contributed by atoms with Gasteiger partial charge in [0.25, 0.3) is 12.2 Å². The van der Waals surface area contributed by atoms with Crippen LogP contribution >= 0.6 is 0 Å². The minimum absolute atomic E-state index is 0.0152. The summed E-state index contributed by atoms with van der Waals surface area (Å²) in [6.07, 6.45) is 4.46. The molecule has 1 saturated heterocycles. The van der Waals surface area contributed by atoms with E-state index in [4.69, 9.17) is 9.47 Å². The molecular formula is C27H36N5O6S+. The summed E-state index contributed by atoms with van der Waals surface area (Å²) in [5.74, 6) is 0.233. The molecule has 1 aliphatic heterocycles. The lowest BCUT2D eigenvalue weighted by Gasteiger charge is -2.34. The first-order valence-electron chi connectivity index (χ1n) is 13.2. The Morgan fingerprint density at radius 3 is 2.49 bits per heavy atom. The van der Waals surface area contributed by atoms with Gasteiger partial charge in [-0.05, 0) is 78.4 Å². The maximum Gasteiger partial charge on any atom is 0.291 e. The van der Waals surface area contributed by atoms with Gasteiger partial charge in [-0.2, -0.15) is 0 Å². The van der Waals surface area contributed by atoms with Crippen LogP contribution in [0.3, 0.4) is 0 Å². The lowest BCUT2D eigenvalue weighted by atomic mass is 9.98. The molecule has 0 bridgehead atoms. The van der Waals surface area contributed by atoms with E-state index < -0.39 is 20.5 Å². The van der Waals surface area contributed by atoms with Gasteiger partial charge in [-0.25, -0.2) is 13.9 Å². The SMILES string of the molecule is CC(C)CCc1ccc(-[n+]2cnn(CCCOc3ccc(S(=O)(=O)C4(C(=O)NO)CCOCC4)cc3)n2)cc1. The second kappa shape index (κ2) is 12.7. The Morgan fingerprint density at radius 2 is 1.85 bits per heavy atom. The van der Waals surface area contributed by atoms with Gasteiger partial charge in [-0.3, -0.25) is 10.0 Å². The molecule has 2 N–H and O–H groups in total. The Labute approximate surface area is 228 Å². The van der Waals surface area contributed by atoms with Gasteiger partial charge in [0.15, 0.2) is 14.6 Å². The molecule has 0 atom stereocenters. The van der Waals surface area contributed by atoms with Gasteiger partial charge in [0.2, 0.25) is 0 Å². The highest BCUT2D eigenvalue weighted by Crippen LogP contribution is 2.35. The number of nitrogens with zero attached hydrogens (tertiary/aromatic N) is 4. The monoisotopic (exact) mass is 558 g/mol. The van der Waals surface area contributed by atoms with Gasteiger partial charge >= 0.3 is 0 Å². The third-order valence-electron chi connectivity index (χ3n) is 6.94. The Hall–Kier alpha value is -3.35. The van der Waals surface area contributed by atoms with Gasteiger partial charge in [0.1, 0.15) is 18.0 Å². The molecule has 0 unspecified atom stereocenters. The number of tetrazole rings is 1. The Balaban J connectivity index is 1.29. The first-order valence-corrected chi connectivity index (χ1v) is 14.6. The van der Waals surface area contributed by atoms with E-state index in [1.165, 1.54) is 23.2 Å². The van der Waals surface area contributed by atoms with Gasteiger partial charge in [-0.1, -0.05) is 26.0 Å². The van der Waals surface area contributed by atoms with E-state index in [2.05, 4.69) is 36.3 Å². The van der Waals surface area contributed by atoms with Gasteiger partial charge in [0.05, 0.1) is 21.8 Å². The molecule has 2 aromatic carbocycles. The molecule has 2 heterocycles. The molecule has 12 heteroatoms. The standard InChI is InChI=1S/C27H35N5O6S/c1-21(2)4-5-22-6-8-23(9-7-22)31-20-28-32(30-31)16-3-17-38-24-10-12-25(13-11-24)39(35,36)27(26(33)29-34)14-18-37-19-15-27/h6-13,20-21H,3-5,14-19H2,1-2H3,(H-,28,29,30,33,34)/p+1. The lowest BCUT2D eigenvalue weighted by molar-refractivity contribution is -0.662. The van der Waals surface area contributed by atoms with Crippen LogP contribution in [0.25, 0.3) is 5.69 Å². The number of benzene rings is 2.